The van der Waals surface area contributed by atoms with Gasteiger partial charge in [-0.25, -0.2) is 0 Å². The number of hydrogen-bond donors (Lipinski definition) is 0. The van der Waals surface area contributed by atoms with Crippen molar-refractivity contribution >= 4 is 98.7 Å². The number of anilines is 2. The molecule has 0 radical (unpaired) electrons. The van der Waals surface area contributed by atoms with Crippen molar-refractivity contribution in [2.45, 2.75) is 0 Å². The van der Waals surface area contributed by atoms with Crippen LogP contribution in [0.5, 0.6) is 0 Å². The average molecular weight is 453 g/mol. The molecule has 2 aromatic rings. The molecule has 3 nitrogen and oxygen atoms in total. The van der Waals surface area contributed by atoms with Crippen LogP contribution in [0.1, 0.15) is 0 Å². The molecule has 0 fully saturated rings. The molecule has 0 aliphatic rings. The lowest BCUT2D eigenvalue weighted by atomic mass is 10.2. The van der Waals surface area contributed by atoms with E-state index in [1.165, 1.54) is 18.2 Å². The predicted octanol–water partition coefficient (Wildman–Crippen LogP) is 6.74. The topological polar surface area (TPSA) is 43.4 Å². The van der Waals surface area contributed by atoms with Gasteiger partial charge in [-0.2, -0.15) is 0 Å². The van der Waals surface area contributed by atoms with E-state index in [0.29, 0.717) is 9.92 Å². The van der Waals surface area contributed by atoms with E-state index in [9.17, 15) is 9.90 Å². The second kappa shape index (κ2) is 7.32. The van der Waals surface area contributed by atoms with Gasteiger partial charge in [-0.3, -0.25) is 4.90 Å². The molecule has 23 heavy (non-hydrogen) atoms. The molecule has 2 aromatic carbocycles. The Morgan fingerprint density at radius 2 is 1.30 bits per heavy atom. The highest BCUT2D eigenvalue weighted by molar-refractivity contribution is 6.57. The molecule has 0 N–H and O–H groups in total. The fourth-order valence-corrected chi connectivity index (χ4v) is 3.55. The second-order valence-electron chi connectivity index (χ2n) is 4.12. The van der Waals surface area contributed by atoms with Crippen LogP contribution < -0.4 is 10.0 Å². The quantitative estimate of drug-likeness (QED) is 0.373. The number of carboxylic acid groups (broad SMARTS) is 1. The fourth-order valence-electron chi connectivity index (χ4n) is 1.76. The van der Waals surface area contributed by atoms with Gasteiger partial charge >= 0.3 is 0 Å². The van der Waals surface area contributed by atoms with Gasteiger partial charge in [0, 0.05) is 5.02 Å². The van der Waals surface area contributed by atoms with Gasteiger partial charge < -0.3 is 9.90 Å². The van der Waals surface area contributed by atoms with E-state index in [4.69, 9.17) is 81.2 Å². The lowest BCUT2D eigenvalue weighted by Gasteiger charge is -2.29. The summed E-state index contributed by atoms with van der Waals surface area (Å²) in [7, 11) is 0. The Hall–Kier alpha value is -0.260. The SMILES string of the molecule is O=C([O-])N(c1ccc(Cl)cc1Cl)c1c(Cl)c(Cl)c(Cl)c(Cl)c1Cl. The number of carbonyl (C=O) groups is 1. The molecule has 0 spiro atoms. The van der Waals surface area contributed by atoms with Gasteiger partial charge in [0.25, 0.3) is 0 Å². The minimum absolute atomic E-state index is 0.00863. The molecule has 0 saturated heterocycles. The number of benzene rings is 2. The summed E-state index contributed by atoms with van der Waals surface area (Å²) in [4.78, 5) is 12.3. The Morgan fingerprint density at radius 3 is 1.74 bits per heavy atom. The molecular weight excluding hydrogens is 450 g/mol. The number of rotatable bonds is 2. The number of nitrogens with zero attached hydrogens (tertiary/aromatic N) is 1. The van der Waals surface area contributed by atoms with Crippen LogP contribution in [0.2, 0.25) is 35.2 Å². The summed E-state index contributed by atoms with van der Waals surface area (Å²) in [5, 5.41) is 11.1. The summed E-state index contributed by atoms with van der Waals surface area (Å²) < 4.78 is 0. The number of carbonyl (C=O) groups excluding carboxylic acids is 1. The lowest BCUT2D eigenvalue weighted by Crippen LogP contribution is -2.38. The Bertz CT molecular complexity index is 780. The van der Waals surface area contributed by atoms with E-state index in [-0.39, 0.29) is 41.5 Å². The van der Waals surface area contributed by atoms with Crippen LogP contribution in [0.15, 0.2) is 18.2 Å². The molecule has 0 saturated carbocycles. The number of halogens is 7. The van der Waals surface area contributed by atoms with E-state index in [1.807, 2.05) is 0 Å². The minimum Gasteiger partial charge on any atom is -0.529 e. The molecule has 0 aliphatic heterocycles. The maximum Gasteiger partial charge on any atom is 0.146 e. The summed E-state index contributed by atoms with van der Waals surface area (Å²) in [6.07, 6.45) is -1.66. The lowest BCUT2D eigenvalue weighted by molar-refractivity contribution is -0.245. The van der Waals surface area contributed by atoms with E-state index in [2.05, 4.69) is 0 Å². The summed E-state index contributed by atoms with van der Waals surface area (Å²) >= 11 is 41.8. The van der Waals surface area contributed by atoms with Crippen LogP contribution in [-0.4, -0.2) is 6.09 Å². The van der Waals surface area contributed by atoms with Crippen molar-refractivity contribution < 1.29 is 9.90 Å². The van der Waals surface area contributed by atoms with Gasteiger partial charge in [-0.1, -0.05) is 81.2 Å². The van der Waals surface area contributed by atoms with Crippen molar-refractivity contribution in [3.8, 4) is 0 Å². The standard InChI is InChI=1S/C13H4Cl7NO2/c14-4-1-2-6(5(15)3-4)21(13(22)23)12-10(19)8(17)7(16)9(18)11(12)20/h1-3H,(H,22,23)/p-1. The molecule has 0 heterocycles. The number of amides is 1. The first-order chi connectivity index (χ1) is 10.7. The first-order valence-corrected chi connectivity index (χ1v) is 8.29. The zero-order valence-electron chi connectivity index (χ0n) is 10.6. The average Bonchev–Trinajstić information content (AvgIpc) is 2.48. The Labute approximate surface area is 166 Å². The van der Waals surface area contributed by atoms with Gasteiger partial charge in [0.15, 0.2) is 0 Å². The minimum atomic E-state index is -1.66. The molecule has 0 aliphatic carbocycles. The van der Waals surface area contributed by atoms with Crippen molar-refractivity contribution in [3.63, 3.8) is 0 Å². The van der Waals surface area contributed by atoms with Crippen LogP contribution in [0.4, 0.5) is 16.2 Å². The summed E-state index contributed by atoms with van der Waals surface area (Å²) in [5.74, 6) is 0. The Balaban J connectivity index is 2.81. The summed E-state index contributed by atoms with van der Waals surface area (Å²) in [5.41, 5.74) is -0.216. The number of hydrogen-bond acceptors (Lipinski definition) is 2. The Kier molecular flexibility index (Phi) is 6.07. The molecular formula is C13H3Cl7NO2-. The zero-order chi connectivity index (χ0) is 17.5. The maximum atomic E-state index is 11.6. The molecule has 10 heteroatoms. The molecule has 0 atom stereocenters. The normalized spacial score (nSPS) is 10.7. The zero-order valence-corrected chi connectivity index (χ0v) is 15.9. The van der Waals surface area contributed by atoms with Crippen molar-refractivity contribution in [1.82, 2.24) is 0 Å². The van der Waals surface area contributed by atoms with Crippen LogP contribution in [-0.2, 0) is 0 Å². The monoisotopic (exact) mass is 450 g/mol. The van der Waals surface area contributed by atoms with Crippen molar-refractivity contribution in [3.05, 3.63) is 53.4 Å². The highest BCUT2D eigenvalue weighted by Crippen LogP contribution is 2.50. The largest absolute Gasteiger partial charge is 0.529 e. The molecule has 0 unspecified atom stereocenters. The van der Waals surface area contributed by atoms with E-state index in [1.54, 1.807) is 0 Å². The van der Waals surface area contributed by atoms with E-state index < -0.39 is 6.09 Å². The van der Waals surface area contributed by atoms with E-state index in [0.717, 1.165) is 0 Å². The molecule has 2 rings (SSSR count). The molecule has 0 bridgehead atoms. The molecule has 1 amide bonds. The third-order valence-corrected chi connectivity index (χ3v) is 5.54. The van der Waals surface area contributed by atoms with Crippen LogP contribution >= 0.6 is 81.2 Å². The second-order valence-corrected chi connectivity index (χ2v) is 6.85. The highest BCUT2D eigenvalue weighted by atomic mass is 35.5. The third-order valence-electron chi connectivity index (χ3n) is 2.74. The Morgan fingerprint density at radius 1 is 0.826 bits per heavy atom. The summed E-state index contributed by atoms with van der Waals surface area (Å²) in [6.45, 7) is 0. The van der Waals surface area contributed by atoms with E-state index >= 15 is 0 Å². The first kappa shape index (κ1) is 19.1. The van der Waals surface area contributed by atoms with Crippen LogP contribution in [0.25, 0.3) is 0 Å². The van der Waals surface area contributed by atoms with Crippen molar-refractivity contribution in [2.75, 3.05) is 4.90 Å². The summed E-state index contributed by atoms with van der Waals surface area (Å²) in [6, 6.07) is 4.12. The van der Waals surface area contributed by atoms with Gasteiger partial charge in [0.1, 0.15) is 6.09 Å². The fraction of sp³-hybridized carbons (Fsp3) is 0. The maximum absolute atomic E-state index is 11.6. The van der Waals surface area contributed by atoms with Gasteiger partial charge in [0.05, 0.1) is 41.5 Å². The molecule has 0 aromatic heterocycles. The van der Waals surface area contributed by atoms with Crippen molar-refractivity contribution in [2.24, 2.45) is 0 Å². The van der Waals surface area contributed by atoms with Crippen LogP contribution in [0.3, 0.4) is 0 Å². The third kappa shape index (κ3) is 3.57. The van der Waals surface area contributed by atoms with Crippen molar-refractivity contribution in [1.29, 1.82) is 0 Å². The van der Waals surface area contributed by atoms with Crippen LogP contribution in [0, 0.1) is 0 Å². The van der Waals surface area contributed by atoms with Gasteiger partial charge in [0.2, 0.25) is 0 Å². The first-order valence-electron chi connectivity index (χ1n) is 5.64. The highest BCUT2D eigenvalue weighted by Gasteiger charge is 2.26. The smallest absolute Gasteiger partial charge is 0.146 e. The molecule has 122 valence electrons. The van der Waals surface area contributed by atoms with Gasteiger partial charge in [-0.15, -0.1) is 0 Å². The predicted molar refractivity (Wildman–Crippen MR) is 95.5 cm³/mol. The van der Waals surface area contributed by atoms with Gasteiger partial charge in [-0.05, 0) is 18.2 Å².